The molecule has 0 unspecified atom stereocenters. The van der Waals surface area contributed by atoms with E-state index in [4.69, 9.17) is 23.2 Å². The van der Waals surface area contributed by atoms with Gasteiger partial charge in [0.15, 0.2) is 5.65 Å². The molecule has 0 aliphatic rings. The zero-order valence-electron chi connectivity index (χ0n) is 16.6. The van der Waals surface area contributed by atoms with Gasteiger partial charge in [0, 0.05) is 34.5 Å². The molecular weight excluding hydrogens is 449 g/mol. The lowest BCUT2D eigenvalue weighted by atomic mass is 10.0. The number of pyridine rings is 1. The highest BCUT2D eigenvalue weighted by atomic mass is 35.5. The number of sulfone groups is 1. The van der Waals surface area contributed by atoms with Gasteiger partial charge in [-0.3, -0.25) is 5.32 Å². The Morgan fingerprint density at radius 1 is 1.10 bits per heavy atom. The molecule has 3 rings (SSSR count). The van der Waals surface area contributed by atoms with Crippen LogP contribution < -0.4 is 10.6 Å². The van der Waals surface area contributed by atoms with Gasteiger partial charge in [-0.25, -0.2) is 23.2 Å². The molecule has 0 aliphatic heterocycles. The first-order chi connectivity index (χ1) is 13.8. The maximum atomic E-state index is 12.5. The third-order valence-corrected chi connectivity index (χ3v) is 5.32. The third kappa shape index (κ3) is 4.97. The number of aromatic nitrogens is 3. The van der Waals surface area contributed by atoms with Gasteiger partial charge < -0.3 is 5.32 Å². The highest BCUT2D eigenvalue weighted by molar-refractivity contribution is 7.90. The van der Waals surface area contributed by atoms with Crippen molar-refractivity contribution in [3.8, 4) is 11.1 Å². The van der Waals surface area contributed by atoms with Gasteiger partial charge in [0.1, 0.15) is 5.82 Å². The second-order valence-electron chi connectivity index (χ2n) is 7.65. The molecular formula is C19H19Cl2N5O3S. The number of urea groups is 1. The smallest absolute Gasteiger partial charge is 0.320 e. The molecule has 2 N–H and O–H groups in total. The van der Waals surface area contributed by atoms with Gasteiger partial charge in [-0.2, -0.15) is 4.98 Å². The number of nitrogens with one attached hydrogen (secondary N) is 2. The molecule has 1 aromatic carbocycles. The number of hydrogen-bond acceptors (Lipinski definition) is 6. The minimum Gasteiger partial charge on any atom is -0.333 e. The lowest BCUT2D eigenvalue weighted by Crippen LogP contribution is -2.43. The zero-order valence-corrected chi connectivity index (χ0v) is 18.9. The first-order valence-electron chi connectivity index (χ1n) is 8.76. The van der Waals surface area contributed by atoms with E-state index in [2.05, 4.69) is 25.6 Å². The van der Waals surface area contributed by atoms with E-state index in [1.165, 1.54) is 6.20 Å². The first-order valence-corrected chi connectivity index (χ1v) is 11.4. The normalized spacial score (nSPS) is 12.1. The molecule has 11 heteroatoms. The number of benzene rings is 1. The topological polar surface area (TPSA) is 114 Å². The Kier molecular flexibility index (Phi) is 5.90. The monoisotopic (exact) mass is 467 g/mol. The molecule has 2 heterocycles. The Bertz CT molecular complexity index is 1240. The van der Waals surface area contributed by atoms with Crippen molar-refractivity contribution in [2.24, 2.45) is 0 Å². The van der Waals surface area contributed by atoms with E-state index < -0.39 is 21.4 Å². The molecule has 0 aliphatic carbocycles. The summed E-state index contributed by atoms with van der Waals surface area (Å²) in [4.78, 5) is 24.8. The van der Waals surface area contributed by atoms with E-state index in [1.807, 2.05) is 20.8 Å². The number of carbonyl (C=O) groups excluding carboxylic acids is 1. The van der Waals surface area contributed by atoms with E-state index in [-0.39, 0.29) is 16.6 Å². The number of amides is 2. The van der Waals surface area contributed by atoms with Crippen LogP contribution in [0.1, 0.15) is 20.8 Å². The molecule has 0 spiro atoms. The Morgan fingerprint density at radius 3 is 2.30 bits per heavy atom. The van der Waals surface area contributed by atoms with Crippen molar-refractivity contribution >= 4 is 55.9 Å². The van der Waals surface area contributed by atoms with Crippen LogP contribution in [0.15, 0.2) is 35.6 Å². The van der Waals surface area contributed by atoms with Crippen LogP contribution in [-0.4, -0.2) is 41.2 Å². The van der Waals surface area contributed by atoms with Gasteiger partial charge in [-0.05, 0) is 39.0 Å². The Labute approximate surface area is 184 Å². The summed E-state index contributed by atoms with van der Waals surface area (Å²) in [6, 6.07) is 6.17. The summed E-state index contributed by atoms with van der Waals surface area (Å²) >= 11 is 12.7. The Morgan fingerprint density at radius 2 is 1.73 bits per heavy atom. The minimum absolute atomic E-state index is 0.100. The quantitative estimate of drug-likeness (QED) is 0.554. The lowest BCUT2D eigenvalue weighted by molar-refractivity contribution is 0.243. The second-order valence-corrected chi connectivity index (χ2v) is 10.4. The van der Waals surface area contributed by atoms with Crippen LogP contribution in [0.2, 0.25) is 10.0 Å². The van der Waals surface area contributed by atoms with E-state index in [9.17, 15) is 13.2 Å². The van der Waals surface area contributed by atoms with Gasteiger partial charge in [0.05, 0.1) is 10.0 Å². The standard InChI is InChI=1S/C19H19Cl2N5O3S/c1-19(2,3)26-17(27)24-16-11(14-12(20)6-5-7-13(14)21)8-10-9-22-18(30(4,28)29)25-15(10)23-16/h5-9H,1-4H3,(H2,22,23,24,25,26,27). The summed E-state index contributed by atoms with van der Waals surface area (Å²) in [6.45, 7) is 5.49. The Balaban J connectivity index is 2.23. The van der Waals surface area contributed by atoms with Gasteiger partial charge in [0.2, 0.25) is 15.0 Å². The van der Waals surface area contributed by atoms with Crippen LogP contribution in [0.4, 0.5) is 10.6 Å². The van der Waals surface area contributed by atoms with Crippen molar-refractivity contribution in [2.75, 3.05) is 11.6 Å². The molecule has 0 saturated heterocycles. The molecule has 0 bridgehead atoms. The summed E-state index contributed by atoms with van der Waals surface area (Å²) < 4.78 is 23.6. The summed E-state index contributed by atoms with van der Waals surface area (Å²) in [6.07, 6.45) is 2.35. The van der Waals surface area contributed by atoms with Crippen molar-refractivity contribution in [3.63, 3.8) is 0 Å². The van der Waals surface area contributed by atoms with E-state index in [0.717, 1.165) is 6.26 Å². The van der Waals surface area contributed by atoms with Crippen LogP contribution in [0.25, 0.3) is 22.2 Å². The SMILES string of the molecule is CC(C)(C)NC(=O)Nc1nc2nc(S(C)(=O)=O)ncc2cc1-c1c(Cl)cccc1Cl. The summed E-state index contributed by atoms with van der Waals surface area (Å²) in [7, 11) is -3.63. The van der Waals surface area contributed by atoms with Crippen molar-refractivity contribution in [3.05, 3.63) is 40.5 Å². The fraction of sp³-hybridized carbons (Fsp3) is 0.263. The number of nitrogens with zero attached hydrogens (tertiary/aromatic N) is 3. The van der Waals surface area contributed by atoms with Crippen molar-refractivity contribution in [1.29, 1.82) is 0 Å². The average molecular weight is 468 g/mol. The minimum atomic E-state index is -3.63. The first kappa shape index (κ1) is 22.2. The summed E-state index contributed by atoms with van der Waals surface area (Å²) in [5.74, 6) is 0.123. The van der Waals surface area contributed by atoms with Crippen molar-refractivity contribution in [1.82, 2.24) is 20.3 Å². The largest absolute Gasteiger partial charge is 0.333 e. The number of halogens is 2. The molecule has 2 amide bonds. The van der Waals surface area contributed by atoms with Gasteiger partial charge >= 0.3 is 6.03 Å². The van der Waals surface area contributed by atoms with Crippen molar-refractivity contribution in [2.45, 2.75) is 31.5 Å². The number of anilines is 1. The number of rotatable bonds is 3. The number of carbonyl (C=O) groups is 1. The van der Waals surface area contributed by atoms with Crippen LogP contribution >= 0.6 is 23.2 Å². The second kappa shape index (κ2) is 7.98. The molecule has 0 saturated carbocycles. The third-order valence-electron chi connectivity index (χ3n) is 3.83. The Hall–Kier alpha value is -2.49. The maximum absolute atomic E-state index is 12.5. The van der Waals surface area contributed by atoms with Crippen molar-refractivity contribution < 1.29 is 13.2 Å². The fourth-order valence-corrected chi connectivity index (χ4v) is 3.74. The number of fused-ring (bicyclic) bond motifs is 1. The molecule has 0 radical (unpaired) electrons. The fourth-order valence-electron chi connectivity index (χ4n) is 2.65. The van der Waals surface area contributed by atoms with E-state index in [0.29, 0.717) is 26.6 Å². The average Bonchev–Trinajstić information content (AvgIpc) is 2.59. The van der Waals surface area contributed by atoms with Gasteiger partial charge in [0.25, 0.3) is 0 Å². The van der Waals surface area contributed by atoms with Gasteiger partial charge in [-0.15, -0.1) is 0 Å². The van der Waals surface area contributed by atoms with Crippen LogP contribution in [0.3, 0.4) is 0 Å². The number of hydrogen-bond donors (Lipinski definition) is 2. The van der Waals surface area contributed by atoms with Crippen LogP contribution in [0, 0.1) is 0 Å². The molecule has 8 nitrogen and oxygen atoms in total. The summed E-state index contributed by atoms with van der Waals surface area (Å²) in [5.41, 5.74) is 0.518. The van der Waals surface area contributed by atoms with E-state index in [1.54, 1.807) is 24.3 Å². The molecule has 0 atom stereocenters. The highest BCUT2D eigenvalue weighted by Crippen LogP contribution is 2.39. The molecule has 158 valence electrons. The van der Waals surface area contributed by atoms with Gasteiger partial charge in [-0.1, -0.05) is 29.3 Å². The molecule has 2 aromatic heterocycles. The predicted molar refractivity (Wildman–Crippen MR) is 118 cm³/mol. The van der Waals surface area contributed by atoms with Crippen LogP contribution in [0.5, 0.6) is 0 Å². The zero-order chi connectivity index (χ0) is 22.3. The predicted octanol–water partition coefficient (Wildman–Crippen LogP) is 4.32. The molecule has 3 aromatic rings. The van der Waals surface area contributed by atoms with E-state index >= 15 is 0 Å². The molecule has 30 heavy (non-hydrogen) atoms. The van der Waals surface area contributed by atoms with Crippen LogP contribution in [-0.2, 0) is 9.84 Å². The molecule has 0 fully saturated rings. The maximum Gasteiger partial charge on any atom is 0.320 e. The lowest BCUT2D eigenvalue weighted by Gasteiger charge is -2.21. The summed E-state index contributed by atoms with van der Waals surface area (Å²) in [5, 5.41) is 6.26. The highest BCUT2D eigenvalue weighted by Gasteiger charge is 2.21.